The van der Waals surface area contributed by atoms with Crippen LogP contribution < -0.4 is 11.1 Å². The van der Waals surface area contributed by atoms with Gasteiger partial charge in [0.2, 0.25) is 17.7 Å². The Morgan fingerprint density at radius 1 is 1.05 bits per heavy atom. The molecule has 3 amide bonds. The number of rotatable bonds is 11. The summed E-state index contributed by atoms with van der Waals surface area (Å²) in [6, 6.07) is 10.2. The fraction of sp³-hybridized carbons (Fsp3) is 0.700. The zero-order valence-electron chi connectivity index (χ0n) is 24.9. The molecule has 226 valence electrons. The molecule has 41 heavy (non-hydrogen) atoms. The zero-order valence-corrected chi connectivity index (χ0v) is 24.9. The molecule has 1 aromatic carbocycles. The molecule has 4 rings (SSSR count). The van der Waals surface area contributed by atoms with E-state index in [1.54, 1.807) is 4.90 Å². The largest absolute Gasteiger partial charge is 0.481 e. The molecule has 3 saturated heterocycles. The summed E-state index contributed by atoms with van der Waals surface area (Å²) in [5.41, 5.74) is 5.71. The molecule has 3 N–H and O–H groups in total. The Morgan fingerprint density at radius 2 is 1.71 bits per heavy atom. The lowest BCUT2D eigenvalue weighted by molar-refractivity contribution is -0.147. The fourth-order valence-electron chi connectivity index (χ4n) is 5.68. The number of hydrogen-bond acceptors (Lipinski definition) is 7. The predicted molar refractivity (Wildman–Crippen MR) is 155 cm³/mol. The highest BCUT2D eigenvalue weighted by Crippen LogP contribution is 2.38. The number of nitrogens with one attached hydrogen (secondary N) is 1. The summed E-state index contributed by atoms with van der Waals surface area (Å²) in [5.74, 6) is -2.47. The Hall–Kier alpha value is -2.47. The van der Waals surface area contributed by atoms with Gasteiger partial charge in [0, 0.05) is 32.0 Å². The van der Waals surface area contributed by atoms with Crippen LogP contribution in [0.3, 0.4) is 0 Å². The van der Waals surface area contributed by atoms with Crippen molar-refractivity contribution in [1.29, 1.82) is 0 Å². The van der Waals surface area contributed by atoms with Gasteiger partial charge in [-0.05, 0) is 65.4 Å². The van der Waals surface area contributed by atoms with Gasteiger partial charge in [-0.25, -0.2) is 0 Å². The Bertz CT molecular complexity index is 1030. The summed E-state index contributed by atoms with van der Waals surface area (Å²) < 4.78 is 24.1. The fourth-order valence-corrected chi connectivity index (χ4v) is 5.68. The summed E-state index contributed by atoms with van der Waals surface area (Å²) in [4.78, 5) is 41.1. The molecule has 0 aliphatic carbocycles. The van der Waals surface area contributed by atoms with Gasteiger partial charge < -0.3 is 34.7 Å². The first kappa shape index (κ1) is 31.5. The number of ether oxygens (including phenoxy) is 2. The van der Waals surface area contributed by atoms with E-state index in [4.69, 9.17) is 24.5 Å². The molecule has 3 fully saturated rings. The van der Waals surface area contributed by atoms with Crippen molar-refractivity contribution in [3.8, 4) is 0 Å². The number of carbonyl (C=O) groups excluding carboxylic acids is 3. The quantitative estimate of drug-likeness (QED) is 0.390. The van der Waals surface area contributed by atoms with Gasteiger partial charge in [-0.2, -0.15) is 0 Å². The molecule has 3 aliphatic rings. The van der Waals surface area contributed by atoms with Crippen molar-refractivity contribution in [3.05, 3.63) is 35.9 Å². The molecular formula is C30H46BN3O7. The van der Waals surface area contributed by atoms with Crippen LogP contribution in [0.5, 0.6) is 0 Å². The normalized spacial score (nSPS) is 25.4. The van der Waals surface area contributed by atoms with Crippen LogP contribution in [-0.2, 0) is 39.6 Å². The maximum absolute atomic E-state index is 14.0. The lowest BCUT2D eigenvalue weighted by atomic mass is 9.74. The monoisotopic (exact) mass is 571 g/mol. The number of carbonyl (C=O) groups is 3. The molecule has 1 aromatic rings. The van der Waals surface area contributed by atoms with Crippen molar-refractivity contribution in [2.45, 2.75) is 89.5 Å². The van der Waals surface area contributed by atoms with E-state index in [1.807, 2.05) is 45.9 Å². The first-order valence-electron chi connectivity index (χ1n) is 14.9. The number of hydrogen-bond donors (Lipinski definition) is 2. The minimum absolute atomic E-state index is 0.0257. The van der Waals surface area contributed by atoms with Gasteiger partial charge in [0.1, 0.15) is 0 Å². The van der Waals surface area contributed by atoms with Gasteiger partial charge in [-0.3, -0.25) is 14.4 Å². The number of aryl methyl sites for hydroxylation is 1. The van der Waals surface area contributed by atoms with Crippen LogP contribution in [0.4, 0.5) is 0 Å². The molecule has 0 saturated carbocycles. The van der Waals surface area contributed by atoms with E-state index in [0.29, 0.717) is 52.2 Å². The molecule has 0 aromatic heterocycles. The summed E-state index contributed by atoms with van der Waals surface area (Å²) in [7, 11) is -0.652. The second kappa shape index (κ2) is 13.7. The Kier molecular flexibility index (Phi) is 10.5. The van der Waals surface area contributed by atoms with Crippen LogP contribution in [0.2, 0.25) is 0 Å². The first-order chi connectivity index (χ1) is 19.5. The van der Waals surface area contributed by atoms with E-state index >= 15 is 0 Å². The third-order valence-corrected chi connectivity index (χ3v) is 9.01. The molecule has 3 heterocycles. The molecule has 4 atom stereocenters. The average Bonchev–Trinajstić information content (AvgIpc) is 3.18. The summed E-state index contributed by atoms with van der Waals surface area (Å²) in [6.45, 7) is 10.2. The van der Waals surface area contributed by atoms with Crippen molar-refractivity contribution in [3.63, 3.8) is 0 Å². The molecule has 0 radical (unpaired) electrons. The number of nitrogens with zero attached hydrogens (tertiary/aromatic N) is 1. The molecule has 11 heteroatoms. The van der Waals surface area contributed by atoms with Crippen molar-refractivity contribution in [2.24, 2.45) is 17.6 Å². The lowest BCUT2D eigenvalue weighted by Crippen LogP contribution is -2.53. The Morgan fingerprint density at radius 3 is 2.34 bits per heavy atom. The van der Waals surface area contributed by atoms with Crippen LogP contribution in [0, 0.1) is 11.8 Å². The van der Waals surface area contributed by atoms with E-state index in [0.717, 1.165) is 12.8 Å². The van der Waals surface area contributed by atoms with Crippen LogP contribution in [0.15, 0.2) is 30.3 Å². The van der Waals surface area contributed by atoms with Gasteiger partial charge in [-0.15, -0.1) is 0 Å². The van der Waals surface area contributed by atoms with Gasteiger partial charge >= 0.3 is 7.12 Å². The highest BCUT2D eigenvalue weighted by atomic mass is 16.7. The van der Waals surface area contributed by atoms with Gasteiger partial charge in [-0.1, -0.05) is 30.3 Å². The third-order valence-electron chi connectivity index (χ3n) is 9.01. The van der Waals surface area contributed by atoms with E-state index in [9.17, 15) is 14.4 Å². The van der Waals surface area contributed by atoms with Gasteiger partial charge in [0.25, 0.3) is 0 Å². The smallest absolute Gasteiger partial charge is 0.402 e. The van der Waals surface area contributed by atoms with Crippen LogP contribution >= 0.6 is 0 Å². The first-order valence-corrected chi connectivity index (χ1v) is 14.9. The maximum Gasteiger partial charge on any atom is 0.481 e. The summed E-state index contributed by atoms with van der Waals surface area (Å²) in [6.07, 6.45) is 2.46. The number of amides is 3. The van der Waals surface area contributed by atoms with Gasteiger partial charge in [0.05, 0.1) is 42.4 Å². The zero-order chi connectivity index (χ0) is 29.6. The van der Waals surface area contributed by atoms with E-state index in [1.165, 1.54) is 5.56 Å². The molecule has 10 nitrogen and oxygen atoms in total. The minimum Gasteiger partial charge on any atom is -0.402 e. The van der Waals surface area contributed by atoms with Crippen molar-refractivity contribution in [1.82, 2.24) is 10.2 Å². The number of nitrogens with two attached hydrogens (primary N) is 1. The molecule has 3 aliphatic heterocycles. The lowest BCUT2D eigenvalue weighted by Gasteiger charge is -2.35. The van der Waals surface area contributed by atoms with Gasteiger partial charge in [0.15, 0.2) is 0 Å². The third kappa shape index (κ3) is 8.09. The standard InChI is InChI=1S/C30H46BN3O7/c1-29(2)30(3,4)41-31(40-29)25(12-8-11-21-9-6-5-7-10-21)33-28(37)23(20-26(35)34-14-17-38-18-15-34)24-19-22(27(32)36)13-16-39-24/h5-7,9-10,22-25H,8,11-20H2,1-4H3,(H2,32,36)(H,33,37)/t22?,23-,24?,25+/m1/s1. The SMILES string of the molecule is CC1(C)OB([C@H](CCCc2ccccc2)NC(=O)[C@H](CC(=O)N2CCOCC2)C2CC(C(N)=O)CCO2)OC1(C)C. The Balaban J connectivity index is 1.52. The van der Waals surface area contributed by atoms with Crippen molar-refractivity contribution < 1.29 is 33.2 Å². The predicted octanol–water partition coefficient (Wildman–Crippen LogP) is 2.27. The molecule has 0 spiro atoms. The number of primary amides is 1. The second-order valence-electron chi connectivity index (χ2n) is 12.5. The van der Waals surface area contributed by atoms with Crippen LogP contribution in [0.1, 0.15) is 65.4 Å². The summed E-state index contributed by atoms with van der Waals surface area (Å²) in [5, 5.41) is 3.19. The molecule has 2 unspecified atom stereocenters. The second-order valence-corrected chi connectivity index (χ2v) is 12.5. The van der Waals surface area contributed by atoms with E-state index in [-0.39, 0.29) is 18.2 Å². The van der Waals surface area contributed by atoms with Crippen LogP contribution in [0.25, 0.3) is 0 Å². The minimum atomic E-state index is -0.786. The highest BCUT2D eigenvalue weighted by Gasteiger charge is 2.54. The van der Waals surface area contributed by atoms with Crippen LogP contribution in [-0.4, -0.2) is 85.9 Å². The van der Waals surface area contributed by atoms with E-state index in [2.05, 4.69) is 17.4 Å². The molecule has 0 bridgehead atoms. The average molecular weight is 572 g/mol. The van der Waals surface area contributed by atoms with Crippen molar-refractivity contribution in [2.75, 3.05) is 32.9 Å². The Labute approximate surface area is 244 Å². The topological polar surface area (TPSA) is 129 Å². The maximum atomic E-state index is 14.0. The summed E-state index contributed by atoms with van der Waals surface area (Å²) >= 11 is 0. The van der Waals surface area contributed by atoms with E-state index < -0.39 is 48.1 Å². The molecular weight excluding hydrogens is 525 g/mol. The number of benzene rings is 1. The van der Waals surface area contributed by atoms with Crippen molar-refractivity contribution >= 4 is 24.8 Å². The number of morpholine rings is 1. The highest BCUT2D eigenvalue weighted by molar-refractivity contribution is 6.48.